The van der Waals surface area contributed by atoms with E-state index in [4.69, 9.17) is 4.42 Å². The maximum absolute atomic E-state index is 11.1. The minimum atomic E-state index is 0.0524. The van der Waals surface area contributed by atoms with Crippen LogP contribution in [-0.4, -0.2) is 12.5 Å². The largest absolute Gasteiger partial charge is 0.469 e. The number of nitrogens with one attached hydrogen (secondary N) is 1. The molecule has 13 heavy (non-hydrogen) atoms. The second-order valence-corrected chi connectivity index (χ2v) is 3.28. The second kappa shape index (κ2) is 4.70. The molecule has 0 saturated carbocycles. The molecule has 0 bridgehead atoms. The molecule has 1 amide bonds. The van der Waals surface area contributed by atoms with Crippen LogP contribution in [0.15, 0.2) is 22.8 Å². The van der Waals surface area contributed by atoms with Gasteiger partial charge in [-0.1, -0.05) is 13.8 Å². The van der Waals surface area contributed by atoms with Gasteiger partial charge in [0.2, 0.25) is 5.91 Å². The number of rotatable bonds is 4. The van der Waals surface area contributed by atoms with E-state index in [9.17, 15) is 4.79 Å². The predicted octanol–water partition coefficient (Wildman–Crippen LogP) is 1.59. The molecule has 0 aliphatic heterocycles. The Morgan fingerprint density at radius 2 is 2.38 bits per heavy atom. The SMILES string of the molecule is CC(C)C(=O)NCCc1ccco1. The van der Waals surface area contributed by atoms with Crippen LogP contribution in [0.1, 0.15) is 19.6 Å². The molecule has 3 heteroatoms. The summed E-state index contributed by atoms with van der Waals surface area (Å²) in [5, 5.41) is 2.82. The van der Waals surface area contributed by atoms with Crippen LogP contribution in [-0.2, 0) is 11.2 Å². The standard InChI is InChI=1S/C10H15NO2/c1-8(2)10(12)11-6-5-9-4-3-7-13-9/h3-4,7-8H,5-6H2,1-2H3,(H,11,12). The molecule has 72 valence electrons. The fourth-order valence-electron chi connectivity index (χ4n) is 0.968. The third kappa shape index (κ3) is 3.32. The van der Waals surface area contributed by atoms with Crippen molar-refractivity contribution in [3.63, 3.8) is 0 Å². The third-order valence-corrected chi connectivity index (χ3v) is 1.78. The van der Waals surface area contributed by atoms with Crippen molar-refractivity contribution >= 4 is 5.91 Å². The highest BCUT2D eigenvalue weighted by atomic mass is 16.3. The molecule has 0 fully saturated rings. The van der Waals surface area contributed by atoms with Gasteiger partial charge in [0.05, 0.1) is 6.26 Å². The normalized spacial score (nSPS) is 10.4. The molecule has 3 nitrogen and oxygen atoms in total. The topological polar surface area (TPSA) is 42.2 Å². The maximum atomic E-state index is 11.1. The van der Waals surface area contributed by atoms with E-state index in [0.717, 1.165) is 12.2 Å². The smallest absolute Gasteiger partial charge is 0.222 e. The lowest BCUT2D eigenvalue weighted by atomic mass is 10.2. The summed E-state index contributed by atoms with van der Waals surface area (Å²) in [5.74, 6) is 1.05. The van der Waals surface area contributed by atoms with E-state index in [1.807, 2.05) is 26.0 Å². The van der Waals surface area contributed by atoms with Crippen LogP contribution < -0.4 is 5.32 Å². The van der Waals surface area contributed by atoms with Crippen molar-refractivity contribution in [2.75, 3.05) is 6.54 Å². The average Bonchev–Trinajstić information content (AvgIpc) is 2.56. The molecule has 0 spiro atoms. The monoisotopic (exact) mass is 181 g/mol. The summed E-state index contributed by atoms with van der Waals surface area (Å²) in [6, 6.07) is 3.75. The first-order valence-corrected chi connectivity index (χ1v) is 4.50. The van der Waals surface area contributed by atoms with E-state index in [1.165, 1.54) is 0 Å². The molecule has 0 unspecified atom stereocenters. The zero-order valence-electron chi connectivity index (χ0n) is 8.04. The van der Waals surface area contributed by atoms with Crippen LogP contribution in [0, 0.1) is 5.92 Å². The molecule has 0 saturated heterocycles. The van der Waals surface area contributed by atoms with Crippen LogP contribution in [0.2, 0.25) is 0 Å². The molecule has 0 aromatic carbocycles. The van der Waals surface area contributed by atoms with Crippen molar-refractivity contribution in [3.8, 4) is 0 Å². The van der Waals surface area contributed by atoms with E-state index in [2.05, 4.69) is 5.32 Å². The van der Waals surface area contributed by atoms with Crippen molar-refractivity contribution in [3.05, 3.63) is 24.2 Å². The summed E-state index contributed by atoms with van der Waals surface area (Å²) >= 11 is 0. The van der Waals surface area contributed by atoms with Gasteiger partial charge < -0.3 is 9.73 Å². The van der Waals surface area contributed by atoms with Gasteiger partial charge in [0.15, 0.2) is 0 Å². The van der Waals surface area contributed by atoms with Gasteiger partial charge in [-0.05, 0) is 12.1 Å². The lowest BCUT2D eigenvalue weighted by molar-refractivity contribution is -0.123. The first-order chi connectivity index (χ1) is 6.20. The predicted molar refractivity (Wildman–Crippen MR) is 50.3 cm³/mol. The Hall–Kier alpha value is -1.25. The Kier molecular flexibility index (Phi) is 3.55. The molecule has 1 aromatic rings. The molecule has 1 heterocycles. The fourth-order valence-corrected chi connectivity index (χ4v) is 0.968. The quantitative estimate of drug-likeness (QED) is 0.766. The lowest BCUT2D eigenvalue weighted by Crippen LogP contribution is -2.29. The van der Waals surface area contributed by atoms with Crippen molar-refractivity contribution in [1.29, 1.82) is 0 Å². The summed E-state index contributed by atoms with van der Waals surface area (Å²) in [5.41, 5.74) is 0. The first-order valence-electron chi connectivity index (χ1n) is 4.50. The van der Waals surface area contributed by atoms with Crippen LogP contribution in [0.5, 0.6) is 0 Å². The van der Waals surface area contributed by atoms with Crippen LogP contribution in [0.3, 0.4) is 0 Å². The number of hydrogen-bond acceptors (Lipinski definition) is 2. The Morgan fingerprint density at radius 3 is 2.92 bits per heavy atom. The molecule has 0 radical (unpaired) electrons. The van der Waals surface area contributed by atoms with Crippen LogP contribution in [0.25, 0.3) is 0 Å². The van der Waals surface area contributed by atoms with Gasteiger partial charge in [0, 0.05) is 18.9 Å². The summed E-state index contributed by atoms with van der Waals surface area (Å²) in [6.07, 6.45) is 2.39. The second-order valence-electron chi connectivity index (χ2n) is 3.28. The van der Waals surface area contributed by atoms with Crippen molar-refractivity contribution in [1.82, 2.24) is 5.32 Å². The van der Waals surface area contributed by atoms with E-state index in [-0.39, 0.29) is 11.8 Å². The number of carbonyl (C=O) groups excluding carboxylic acids is 1. The van der Waals surface area contributed by atoms with Gasteiger partial charge in [-0.25, -0.2) is 0 Å². The summed E-state index contributed by atoms with van der Waals surface area (Å²) in [7, 11) is 0. The van der Waals surface area contributed by atoms with Crippen molar-refractivity contribution in [2.45, 2.75) is 20.3 Å². The van der Waals surface area contributed by atoms with Gasteiger partial charge in [-0.3, -0.25) is 4.79 Å². The number of furan rings is 1. The molecular formula is C10H15NO2. The van der Waals surface area contributed by atoms with E-state index in [0.29, 0.717) is 6.54 Å². The molecule has 0 aliphatic carbocycles. The van der Waals surface area contributed by atoms with E-state index >= 15 is 0 Å². The number of hydrogen-bond donors (Lipinski definition) is 1. The molecule has 1 rings (SSSR count). The summed E-state index contributed by atoms with van der Waals surface area (Å²) in [6.45, 7) is 4.40. The van der Waals surface area contributed by atoms with Gasteiger partial charge in [-0.15, -0.1) is 0 Å². The molecule has 1 aromatic heterocycles. The minimum Gasteiger partial charge on any atom is -0.469 e. The minimum absolute atomic E-state index is 0.0524. The zero-order valence-corrected chi connectivity index (χ0v) is 8.04. The van der Waals surface area contributed by atoms with Crippen molar-refractivity contribution < 1.29 is 9.21 Å². The Balaban J connectivity index is 2.18. The lowest BCUT2D eigenvalue weighted by Gasteiger charge is -2.05. The average molecular weight is 181 g/mol. The fraction of sp³-hybridized carbons (Fsp3) is 0.500. The third-order valence-electron chi connectivity index (χ3n) is 1.78. The molecule has 1 N–H and O–H groups in total. The van der Waals surface area contributed by atoms with E-state index in [1.54, 1.807) is 6.26 Å². The van der Waals surface area contributed by atoms with Gasteiger partial charge in [0.1, 0.15) is 5.76 Å². The molecular weight excluding hydrogens is 166 g/mol. The molecule has 0 atom stereocenters. The van der Waals surface area contributed by atoms with Crippen molar-refractivity contribution in [2.24, 2.45) is 5.92 Å². The maximum Gasteiger partial charge on any atom is 0.222 e. The number of amides is 1. The van der Waals surface area contributed by atoms with Crippen LogP contribution >= 0.6 is 0 Å². The Morgan fingerprint density at radius 1 is 1.62 bits per heavy atom. The van der Waals surface area contributed by atoms with E-state index < -0.39 is 0 Å². The Bertz CT molecular complexity index is 252. The first kappa shape index (κ1) is 9.84. The molecule has 0 aliphatic rings. The Labute approximate surface area is 78.1 Å². The summed E-state index contributed by atoms with van der Waals surface area (Å²) in [4.78, 5) is 11.1. The van der Waals surface area contributed by atoms with Crippen LogP contribution in [0.4, 0.5) is 0 Å². The highest BCUT2D eigenvalue weighted by molar-refractivity contribution is 5.77. The van der Waals surface area contributed by atoms with Gasteiger partial charge >= 0.3 is 0 Å². The van der Waals surface area contributed by atoms with Gasteiger partial charge in [-0.2, -0.15) is 0 Å². The summed E-state index contributed by atoms with van der Waals surface area (Å²) < 4.78 is 5.12. The zero-order chi connectivity index (χ0) is 9.68. The number of carbonyl (C=O) groups is 1. The highest BCUT2D eigenvalue weighted by Gasteiger charge is 2.05. The highest BCUT2D eigenvalue weighted by Crippen LogP contribution is 1.99. The van der Waals surface area contributed by atoms with Gasteiger partial charge in [0.25, 0.3) is 0 Å².